The Labute approximate surface area is 215 Å². The molecule has 1 heterocycles. The summed E-state index contributed by atoms with van der Waals surface area (Å²) in [4.78, 5) is 38.8. The number of aryl methyl sites for hydroxylation is 2. The summed E-state index contributed by atoms with van der Waals surface area (Å²) in [6, 6.07) is 12.2. The van der Waals surface area contributed by atoms with E-state index in [0.717, 1.165) is 43.2 Å². The van der Waals surface area contributed by atoms with Crippen LogP contribution in [0.4, 0.5) is 4.79 Å². The first-order valence-corrected chi connectivity index (χ1v) is 12.5. The molecule has 1 saturated carbocycles. The molecule has 0 unspecified atom stereocenters. The number of nitrogen functional groups attached to an aromatic ring is 1. The van der Waals surface area contributed by atoms with Crippen molar-refractivity contribution in [1.29, 1.82) is 5.41 Å². The van der Waals surface area contributed by atoms with Crippen molar-refractivity contribution in [1.82, 2.24) is 9.47 Å². The van der Waals surface area contributed by atoms with Crippen molar-refractivity contribution in [2.45, 2.75) is 51.0 Å². The lowest BCUT2D eigenvalue weighted by molar-refractivity contribution is -0.138. The number of nitrogens with two attached hydrogens (primary N) is 1. The molecule has 9 nitrogen and oxygen atoms in total. The average molecular weight is 505 g/mol. The van der Waals surface area contributed by atoms with Gasteiger partial charge in [-0.2, -0.15) is 0 Å². The molecule has 0 radical (unpaired) electrons. The number of Topliss-reactive ketones (excluding diaryl/α,β-unsaturated/α-hetero) is 1. The second-order valence-corrected chi connectivity index (χ2v) is 9.55. The third kappa shape index (κ3) is 6.17. The van der Waals surface area contributed by atoms with Crippen molar-refractivity contribution in [3.05, 3.63) is 65.4 Å². The van der Waals surface area contributed by atoms with E-state index in [1.165, 1.54) is 4.90 Å². The van der Waals surface area contributed by atoms with E-state index in [4.69, 9.17) is 15.9 Å². The number of carbonyl (C=O) groups is 3. The lowest BCUT2D eigenvalue weighted by Crippen LogP contribution is -2.45. The molecule has 1 aromatic heterocycles. The maximum Gasteiger partial charge on any atom is 0.416 e. The quantitative estimate of drug-likeness (QED) is 0.223. The minimum absolute atomic E-state index is 0.000270. The molecule has 0 saturated heterocycles. The van der Waals surface area contributed by atoms with Gasteiger partial charge in [-0.25, -0.2) is 4.79 Å². The van der Waals surface area contributed by atoms with Gasteiger partial charge in [-0.05, 0) is 43.0 Å². The Hall–Kier alpha value is -4.14. The number of amidine groups is 1. The Morgan fingerprint density at radius 2 is 1.81 bits per heavy atom. The van der Waals surface area contributed by atoms with E-state index in [1.54, 1.807) is 36.5 Å². The van der Waals surface area contributed by atoms with E-state index in [1.807, 2.05) is 23.7 Å². The Morgan fingerprint density at radius 3 is 2.46 bits per heavy atom. The van der Waals surface area contributed by atoms with Crippen molar-refractivity contribution < 1.29 is 24.2 Å². The maximum absolute atomic E-state index is 13.1. The number of fused-ring (bicyclic) bond motifs is 1. The minimum atomic E-state index is -1.08. The van der Waals surface area contributed by atoms with Crippen molar-refractivity contribution in [2.75, 3.05) is 6.54 Å². The molecule has 1 aliphatic rings. The minimum Gasteiger partial charge on any atom is -0.480 e. The molecule has 194 valence electrons. The van der Waals surface area contributed by atoms with Crippen molar-refractivity contribution >= 4 is 34.6 Å². The average Bonchev–Trinajstić information content (AvgIpc) is 3.22. The number of amides is 1. The number of carboxylic acids is 1. The Balaban J connectivity index is 1.50. The van der Waals surface area contributed by atoms with Gasteiger partial charge in [0.1, 0.15) is 18.1 Å². The van der Waals surface area contributed by atoms with E-state index < -0.39 is 18.6 Å². The summed E-state index contributed by atoms with van der Waals surface area (Å²) in [7, 11) is 1.85. The lowest BCUT2D eigenvalue weighted by Gasteiger charge is -2.32. The van der Waals surface area contributed by atoms with Crippen LogP contribution in [-0.4, -0.2) is 50.8 Å². The molecular formula is C28H32N4O5. The van der Waals surface area contributed by atoms with Gasteiger partial charge in [0, 0.05) is 47.7 Å². The van der Waals surface area contributed by atoms with Gasteiger partial charge in [0.2, 0.25) is 0 Å². The number of hydrogen-bond donors (Lipinski definition) is 3. The van der Waals surface area contributed by atoms with Gasteiger partial charge in [0.25, 0.3) is 0 Å². The molecule has 37 heavy (non-hydrogen) atoms. The molecule has 9 heteroatoms. The number of carboxylic acid groups (broad SMARTS) is 1. The van der Waals surface area contributed by atoms with Crippen molar-refractivity contribution in [2.24, 2.45) is 12.8 Å². The summed E-state index contributed by atoms with van der Waals surface area (Å²) in [6.45, 7) is -0.409. The first-order chi connectivity index (χ1) is 17.7. The Kier molecular flexibility index (Phi) is 7.91. The van der Waals surface area contributed by atoms with Gasteiger partial charge < -0.3 is 20.1 Å². The number of hydrogen-bond acceptors (Lipinski definition) is 5. The largest absolute Gasteiger partial charge is 0.480 e. The Bertz CT molecular complexity index is 1320. The number of carbonyl (C=O) groups excluding carboxylic acids is 2. The highest BCUT2D eigenvalue weighted by molar-refractivity contribution is 6.08. The highest BCUT2D eigenvalue weighted by atomic mass is 16.6. The molecule has 1 amide bonds. The van der Waals surface area contributed by atoms with Gasteiger partial charge in [-0.3, -0.25) is 19.9 Å². The smallest absolute Gasteiger partial charge is 0.416 e. The van der Waals surface area contributed by atoms with Crippen LogP contribution in [0.5, 0.6) is 5.75 Å². The van der Waals surface area contributed by atoms with Crippen molar-refractivity contribution in [3.63, 3.8) is 0 Å². The monoisotopic (exact) mass is 504 g/mol. The summed E-state index contributed by atoms with van der Waals surface area (Å²) in [5.41, 5.74) is 8.46. The standard InChI is InChI=1S/C28H32N4O5/c1-31-16-23(25(33)14-9-18-7-10-19(11-8-18)27(29)30)22-15-21(12-13-24(22)31)37-28(36)32(17-26(34)35)20-5-3-2-4-6-20/h7-8,10-13,15-16,20H,2-6,9,14,17H2,1H3,(H3,29,30)(H,34,35). The predicted octanol–water partition coefficient (Wildman–Crippen LogP) is 4.50. The molecule has 4 rings (SSSR count). The van der Waals surface area contributed by atoms with Crippen LogP contribution in [0, 0.1) is 5.41 Å². The summed E-state index contributed by atoms with van der Waals surface area (Å²) in [6.07, 6.45) is 6.42. The zero-order chi connectivity index (χ0) is 26.5. The highest BCUT2D eigenvalue weighted by Gasteiger charge is 2.29. The first kappa shape index (κ1) is 25.9. The number of rotatable bonds is 9. The summed E-state index contributed by atoms with van der Waals surface area (Å²) < 4.78 is 7.47. The number of nitrogens with one attached hydrogen (secondary N) is 1. The normalized spacial score (nSPS) is 13.9. The fourth-order valence-electron chi connectivity index (χ4n) is 4.94. The van der Waals surface area contributed by atoms with Crippen LogP contribution in [-0.2, 0) is 18.3 Å². The van der Waals surface area contributed by atoms with Crippen LogP contribution in [0.2, 0.25) is 0 Å². The second kappa shape index (κ2) is 11.3. The molecule has 1 aliphatic carbocycles. The molecule has 0 atom stereocenters. The maximum atomic E-state index is 13.1. The number of benzene rings is 2. The molecule has 2 aromatic carbocycles. The van der Waals surface area contributed by atoms with E-state index in [9.17, 15) is 19.5 Å². The molecule has 3 aromatic rings. The molecule has 0 bridgehead atoms. The van der Waals surface area contributed by atoms with E-state index in [-0.39, 0.29) is 29.8 Å². The van der Waals surface area contributed by atoms with Crippen LogP contribution < -0.4 is 10.5 Å². The van der Waals surface area contributed by atoms with E-state index in [0.29, 0.717) is 22.9 Å². The Morgan fingerprint density at radius 1 is 1.11 bits per heavy atom. The zero-order valence-corrected chi connectivity index (χ0v) is 20.9. The molecular weight excluding hydrogens is 472 g/mol. The van der Waals surface area contributed by atoms with Crippen LogP contribution >= 0.6 is 0 Å². The third-order valence-corrected chi connectivity index (χ3v) is 6.93. The molecule has 0 spiro atoms. The molecule has 1 fully saturated rings. The fraction of sp³-hybridized carbons (Fsp3) is 0.357. The highest BCUT2D eigenvalue weighted by Crippen LogP contribution is 2.28. The number of aromatic nitrogens is 1. The van der Waals surface area contributed by atoms with Gasteiger partial charge in [-0.1, -0.05) is 43.5 Å². The van der Waals surface area contributed by atoms with Gasteiger partial charge >= 0.3 is 12.1 Å². The number of aliphatic carboxylic acids is 1. The van der Waals surface area contributed by atoms with Gasteiger partial charge in [0.05, 0.1) is 0 Å². The SMILES string of the molecule is Cn1cc(C(=O)CCc2ccc(C(=N)N)cc2)c2cc(OC(=O)N(CC(=O)O)C3CCCCC3)ccc21. The predicted molar refractivity (Wildman–Crippen MR) is 140 cm³/mol. The number of ether oxygens (including phenoxy) is 1. The van der Waals surface area contributed by atoms with Crippen LogP contribution in [0.3, 0.4) is 0 Å². The third-order valence-electron chi connectivity index (χ3n) is 6.93. The van der Waals surface area contributed by atoms with Crippen molar-refractivity contribution in [3.8, 4) is 5.75 Å². The number of nitrogens with zero attached hydrogens (tertiary/aromatic N) is 2. The second-order valence-electron chi connectivity index (χ2n) is 9.55. The van der Waals surface area contributed by atoms with Gasteiger partial charge in [-0.15, -0.1) is 0 Å². The fourth-order valence-corrected chi connectivity index (χ4v) is 4.94. The topological polar surface area (TPSA) is 139 Å². The van der Waals surface area contributed by atoms with E-state index >= 15 is 0 Å². The zero-order valence-electron chi connectivity index (χ0n) is 20.9. The van der Waals surface area contributed by atoms with E-state index in [2.05, 4.69) is 0 Å². The van der Waals surface area contributed by atoms with Crippen LogP contribution in [0.15, 0.2) is 48.7 Å². The van der Waals surface area contributed by atoms with Crippen LogP contribution in [0.1, 0.15) is 60.0 Å². The summed E-state index contributed by atoms with van der Waals surface area (Å²) in [5, 5.41) is 17.5. The molecule has 0 aliphatic heterocycles. The summed E-state index contributed by atoms with van der Waals surface area (Å²) >= 11 is 0. The summed E-state index contributed by atoms with van der Waals surface area (Å²) in [5.74, 6) is -0.854. The first-order valence-electron chi connectivity index (χ1n) is 12.5. The lowest BCUT2D eigenvalue weighted by atomic mass is 9.94. The molecule has 4 N–H and O–H groups in total. The van der Waals surface area contributed by atoms with Crippen LogP contribution in [0.25, 0.3) is 10.9 Å². The number of ketones is 1. The van der Waals surface area contributed by atoms with Gasteiger partial charge in [0.15, 0.2) is 5.78 Å².